The fraction of sp³-hybridized carbons (Fsp3) is 0.167. The maximum atomic E-state index is 12.2. The van der Waals surface area contributed by atoms with Gasteiger partial charge in [0.15, 0.2) is 0 Å². The number of benzene rings is 2. The number of aromatic nitrogens is 1. The molecule has 0 saturated heterocycles. The van der Waals surface area contributed by atoms with Crippen LogP contribution >= 0.6 is 0 Å². The number of rotatable bonds is 4. The molecular formula is C18H18N2O2. The number of hydrogen-bond donors (Lipinski definition) is 2. The Balaban J connectivity index is 1.89. The van der Waals surface area contributed by atoms with Crippen molar-refractivity contribution < 1.29 is 4.74 Å². The molecule has 22 heavy (non-hydrogen) atoms. The Morgan fingerprint density at radius 2 is 1.95 bits per heavy atom. The molecule has 0 radical (unpaired) electrons. The molecule has 0 spiro atoms. The number of aryl methyl sites for hydroxylation is 1. The van der Waals surface area contributed by atoms with Gasteiger partial charge in [-0.15, -0.1) is 0 Å². The lowest BCUT2D eigenvalue weighted by Gasteiger charge is -2.10. The summed E-state index contributed by atoms with van der Waals surface area (Å²) in [6.07, 6.45) is 0. The highest BCUT2D eigenvalue weighted by molar-refractivity contribution is 5.80. The first-order chi connectivity index (χ1) is 10.7. The van der Waals surface area contributed by atoms with Crippen molar-refractivity contribution in [3.05, 3.63) is 70.0 Å². The molecule has 2 aromatic carbocycles. The number of nitrogens with one attached hydrogen (secondary N) is 2. The minimum atomic E-state index is -0.0816. The normalized spacial score (nSPS) is 10.6. The van der Waals surface area contributed by atoms with E-state index >= 15 is 0 Å². The lowest BCUT2D eigenvalue weighted by atomic mass is 10.1. The van der Waals surface area contributed by atoms with Crippen LogP contribution in [0, 0.1) is 6.92 Å². The number of H-pyrrole nitrogens is 1. The number of ether oxygens (including phenoxy) is 1. The third kappa shape index (κ3) is 2.81. The van der Waals surface area contributed by atoms with Crippen molar-refractivity contribution in [3.63, 3.8) is 0 Å². The van der Waals surface area contributed by atoms with Crippen LogP contribution < -0.4 is 15.6 Å². The molecule has 4 heteroatoms. The monoisotopic (exact) mass is 294 g/mol. The molecule has 3 aromatic rings. The molecule has 0 aliphatic rings. The van der Waals surface area contributed by atoms with E-state index in [0.717, 1.165) is 27.9 Å². The molecule has 0 amide bonds. The zero-order valence-corrected chi connectivity index (χ0v) is 12.6. The van der Waals surface area contributed by atoms with Gasteiger partial charge >= 0.3 is 0 Å². The molecule has 1 aromatic heterocycles. The zero-order valence-electron chi connectivity index (χ0n) is 12.6. The molecule has 2 N–H and O–H groups in total. The highest BCUT2D eigenvalue weighted by Crippen LogP contribution is 2.19. The van der Waals surface area contributed by atoms with Crippen molar-refractivity contribution in [1.82, 2.24) is 4.98 Å². The number of methoxy groups -OCH3 is 1. The molecule has 3 rings (SSSR count). The number of hydrogen-bond acceptors (Lipinski definition) is 3. The van der Waals surface area contributed by atoms with Crippen molar-refractivity contribution in [2.24, 2.45) is 0 Å². The van der Waals surface area contributed by atoms with Crippen molar-refractivity contribution in [2.75, 3.05) is 12.4 Å². The number of fused-ring (bicyclic) bond motifs is 1. The summed E-state index contributed by atoms with van der Waals surface area (Å²) in [7, 11) is 1.61. The topological polar surface area (TPSA) is 54.1 Å². The first kappa shape index (κ1) is 14.2. The molecule has 1 heterocycles. The van der Waals surface area contributed by atoms with Gasteiger partial charge in [-0.05, 0) is 42.1 Å². The Bertz CT molecular complexity index is 868. The van der Waals surface area contributed by atoms with Crippen LogP contribution in [0.3, 0.4) is 0 Å². The second-order valence-electron chi connectivity index (χ2n) is 5.25. The van der Waals surface area contributed by atoms with E-state index in [1.54, 1.807) is 7.11 Å². The third-order valence-electron chi connectivity index (χ3n) is 3.74. The molecule has 0 fully saturated rings. The first-order valence-electron chi connectivity index (χ1n) is 7.17. The molecule has 0 unspecified atom stereocenters. The van der Waals surface area contributed by atoms with Gasteiger partial charge in [-0.2, -0.15) is 0 Å². The quantitative estimate of drug-likeness (QED) is 0.775. The largest absolute Gasteiger partial charge is 0.497 e. The molecule has 0 atom stereocenters. The molecule has 0 aliphatic carbocycles. The Hall–Kier alpha value is -2.75. The van der Waals surface area contributed by atoms with E-state index in [1.807, 2.05) is 55.5 Å². The van der Waals surface area contributed by atoms with E-state index in [4.69, 9.17) is 4.74 Å². The summed E-state index contributed by atoms with van der Waals surface area (Å²) in [5.41, 5.74) is 3.60. The minimum Gasteiger partial charge on any atom is -0.497 e. The maximum Gasteiger partial charge on any atom is 0.253 e. The second-order valence-corrected chi connectivity index (χ2v) is 5.25. The fourth-order valence-corrected chi connectivity index (χ4v) is 2.45. The van der Waals surface area contributed by atoms with Gasteiger partial charge in [-0.25, -0.2) is 0 Å². The molecule has 4 nitrogen and oxygen atoms in total. The van der Waals surface area contributed by atoms with E-state index in [-0.39, 0.29) is 5.56 Å². The maximum absolute atomic E-state index is 12.2. The van der Waals surface area contributed by atoms with Gasteiger partial charge < -0.3 is 15.0 Å². The Kier molecular flexibility index (Phi) is 3.83. The van der Waals surface area contributed by atoms with E-state index in [1.165, 1.54) is 0 Å². The summed E-state index contributed by atoms with van der Waals surface area (Å²) >= 11 is 0. The Morgan fingerprint density at radius 1 is 1.14 bits per heavy atom. The van der Waals surface area contributed by atoms with E-state index < -0.39 is 0 Å². The Morgan fingerprint density at radius 3 is 2.73 bits per heavy atom. The summed E-state index contributed by atoms with van der Waals surface area (Å²) in [6.45, 7) is 2.53. The van der Waals surface area contributed by atoms with Gasteiger partial charge in [0.1, 0.15) is 5.75 Å². The van der Waals surface area contributed by atoms with Crippen LogP contribution in [0.25, 0.3) is 10.9 Å². The molecule has 0 bridgehead atoms. The van der Waals surface area contributed by atoms with Crippen molar-refractivity contribution >= 4 is 16.6 Å². The van der Waals surface area contributed by atoms with Crippen LogP contribution in [0.15, 0.2) is 53.3 Å². The van der Waals surface area contributed by atoms with Crippen molar-refractivity contribution in [3.8, 4) is 5.75 Å². The van der Waals surface area contributed by atoms with Crippen LogP contribution in [0.2, 0.25) is 0 Å². The average molecular weight is 294 g/mol. The first-order valence-corrected chi connectivity index (χ1v) is 7.17. The SMILES string of the molecule is COc1ccc2cc(CNc3ccccc3C)c(=O)[nH]c2c1. The standard InChI is InChI=1S/C18H18N2O2/c1-12-5-3-4-6-16(12)19-11-14-9-13-7-8-15(22-2)10-17(13)20-18(14)21/h3-10,19H,11H2,1-2H3,(H,20,21). The zero-order chi connectivity index (χ0) is 15.5. The van der Waals surface area contributed by atoms with Gasteiger partial charge in [-0.3, -0.25) is 4.79 Å². The number of aromatic amines is 1. The predicted molar refractivity (Wildman–Crippen MR) is 89.6 cm³/mol. The number of pyridine rings is 1. The summed E-state index contributed by atoms with van der Waals surface area (Å²) < 4.78 is 5.18. The van der Waals surface area contributed by atoms with Gasteiger partial charge in [-0.1, -0.05) is 18.2 Å². The molecule has 0 aliphatic heterocycles. The summed E-state index contributed by atoms with van der Waals surface area (Å²) in [5.74, 6) is 0.730. The third-order valence-corrected chi connectivity index (χ3v) is 3.74. The van der Waals surface area contributed by atoms with E-state index in [2.05, 4.69) is 10.3 Å². The van der Waals surface area contributed by atoms with Crippen LogP contribution in [0.5, 0.6) is 5.75 Å². The number of para-hydroxylation sites is 1. The lowest BCUT2D eigenvalue weighted by Crippen LogP contribution is -2.15. The predicted octanol–water partition coefficient (Wildman–Crippen LogP) is 3.46. The summed E-state index contributed by atoms with van der Waals surface area (Å²) in [4.78, 5) is 15.1. The number of anilines is 1. The minimum absolute atomic E-state index is 0.0816. The van der Waals surface area contributed by atoms with E-state index in [9.17, 15) is 4.79 Å². The van der Waals surface area contributed by atoms with Crippen LogP contribution in [-0.4, -0.2) is 12.1 Å². The van der Waals surface area contributed by atoms with Gasteiger partial charge in [0, 0.05) is 23.9 Å². The van der Waals surface area contributed by atoms with Crippen LogP contribution in [0.4, 0.5) is 5.69 Å². The molecule has 0 saturated carbocycles. The fourth-order valence-electron chi connectivity index (χ4n) is 2.45. The average Bonchev–Trinajstić information content (AvgIpc) is 2.53. The Labute approximate surface area is 128 Å². The molecular weight excluding hydrogens is 276 g/mol. The highest BCUT2D eigenvalue weighted by atomic mass is 16.5. The molecule has 112 valence electrons. The van der Waals surface area contributed by atoms with Crippen molar-refractivity contribution in [1.29, 1.82) is 0 Å². The summed E-state index contributed by atoms with van der Waals surface area (Å²) in [5, 5.41) is 4.30. The van der Waals surface area contributed by atoms with Gasteiger partial charge in [0.2, 0.25) is 0 Å². The summed E-state index contributed by atoms with van der Waals surface area (Å²) in [6, 6.07) is 15.6. The van der Waals surface area contributed by atoms with Crippen LogP contribution in [-0.2, 0) is 6.54 Å². The van der Waals surface area contributed by atoms with E-state index in [0.29, 0.717) is 12.1 Å². The smallest absolute Gasteiger partial charge is 0.253 e. The second kappa shape index (κ2) is 5.93. The highest BCUT2D eigenvalue weighted by Gasteiger charge is 2.05. The van der Waals surface area contributed by atoms with Gasteiger partial charge in [0.05, 0.1) is 12.6 Å². The van der Waals surface area contributed by atoms with Crippen molar-refractivity contribution in [2.45, 2.75) is 13.5 Å². The van der Waals surface area contributed by atoms with Gasteiger partial charge in [0.25, 0.3) is 5.56 Å². The van der Waals surface area contributed by atoms with Crippen LogP contribution in [0.1, 0.15) is 11.1 Å². The lowest BCUT2D eigenvalue weighted by molar-refractivity contribution is 0.415.